The van der Waals surface area contributed by atoms with Crippen molar-refractivity contribution in [3.63, 3.8) is 0 Å². The largest absolute Gasteiger partial charge is 0.472 e. The second-order valence-corrected chi connectivity index (χ2v) is 14.6. The number of ether oxygens (including phenoxy) is 2. The molecule has 5 N–H and O–H groups in total. The molecule has 0 radical (unpaired) electrons. The Kier molecular flexibility index (Phi) is 37.1. The molecule has 0 heterocycles. The topological polar surface area (TPSA) is 175 Å². The predicted molar refractivity (Wildman–Crippen MR) is 231 cm³/mol. The Labute approximate surface area is 343 Å². The molecule has 0 aliphatic carbocycles. The predicted octanol–water partition coefficient (Wildman–Crippen LogP) is 9.54. The molecule has 0 aromatic rings. The molecule has 0 bridgehead atoms. The molecule has 0 aliphatic rings. The van der Waals surface area contributed by atoms with E-state index >= 15 is 0 Å². The lowest BCUT2D eigenvalue weighted by Crippen LogP contribution is -2.29. The van der Waals surface area contributed by atoms with Crippen LogP contribution in [0.5, 0.6) is 0 Å². The van der Waals surface area contributed by atoms with E-state index in [1.807, 2.05) is 43.4 Å². The average molecular weight is 818 g/mol. The molecule has 0 amide bonds. The Morgan fingerprint density at radius 2 is 1.18 bits per heavy atom. The number of carbonyl (C=O) groups excluding carboxylic acids is 2. The third-order valence-corrected chi connectivity index (χ3v) is 8.81. The van der Waals surface area contributed by atoms with Crippen LogP contribution >= 0.6 is 7.82 Å². The van der Waals surface area contributed by atoms with Crippen molar-refractivity contribution in [3.8, 4) is 0 Å². The van der Waals surface area contributed by atoms with E-state index in [2.05, 4.69) is 43.4 Å². The smallest absolute Gasteiger partial charge is 0.462 e. The van der Waals surface area contributed by atoms with Crippen molar-refractivity contribution >= 4 is 19.8 Å². The highest BCUT2D eigenvalue weighted by molar-refractivity contribution is 7.47. The summed E-state index contributed by atoms with van der Waals surface area (Å²) in [5.41, 5.74) is 5.32. The summed E-state index contributed by atoms with van der Waals surface area (Å²) < 4.78 is 32.5. The van der Waals surface area contributed by atoms with Crippen LogP contribution in [0.4, 0.5) is 0 Å². The van der Waals surface area contributed by atoms with Crippen LogP contribution in [0.25, 0.3) is 0 Å². The fraction of sp³-hybridized carbons (Fsp3) is 0.556. The maximum absolute atomic E-state index is 12.5. The van der Waals surface area contributed by atoms with Gasteiger partial charge < -0.3 is 30.3 Å². The molecule has 0 aromatic carbocycles. The number of aliphatic hydroxyl groups is 2. The molecule has 0 aromatic heterocycles. The first-order valence-electron chi connectivity index (χ1n) is 20.6. The van der Waals surface area contributed by atoms with Gasteiger partial charge >= 0.3 is 19.8 Å². The number of rotatable bonds is 36. The summed E-state index contributed by atoms with van der Waals surface area (Å²) in [5, 5.41) is 19.9. The van der Waals surface area contributed by atoms with Gasteiger partial charge in [-0.15, -0.1) is 0 Å². The van der Waals surface area contributed by atoms with Crippen molar-refractivity contribution in [1.29, 1.82) is 0 Å². The lowest BCUT2D eigenvalue weighted by atomic mass is 10.1. The van der Waals surface area contributed by atoms with E-state index in [1.54, 1.807) is 36.5 Å². The van der Waals surface area contributed by atoms with Gasteiger partial charge in [0.15, 0.2) is 6.10 Å². The Morgan fingerprint density at radius 3 is 1.75 bits per heavy atom. The standard InChI is InChI=1S/C45H72NO10P/c1-3-5-7-8-9-10-11-12-13-14-15-16-17-21-29-35-44(49)53-39-43(40-55-57(51,52)54-38-37-46)56-45(50)36-30-22-19-18-20-26-32-42(48)34-28-24-23-27-33-41(47)31-25-6-4-2/h6,9-10,12-13,15-16,19-20,22-28,33-34,41-43,47-48H,3-5,7-8,11,14,17-18,21,29-32,35-40,46H2,1-2H3,(H,51,52)/b10-9-,13-12-,16-15-,22-19-,24-23-,25-6-,26-20-,33-27+,34-28+/t41-,42+,43+/m0/s1. The molecule has 0 saturated carbocycles. The Hall–Kier alpha value is -3.41. The quantitative estimate of drug-likeness (QED) is 0.0156. The molecular weight excluding hydrogens is 745 g/mol. The number of phosphoric ester groups is 1. The Morgan fingerprint density at radius 1 is 0.632 bits per heavy atom. The number of phosphoric acid groups is 1. The van der Waals surface area contributed by atoms with Gasteiger partial charge in [-0.1, -0.05) is 136 Å². The van der Waals surface area contributed by atoms with Crippen LogP contribution in [-0.2, 0) is 32.7 Å². The highest BCUT2D eigenvalue weighted by Gasteiger charge is 2.25. The fourth-order valence-electron chi connectivity index (χ4n) is 4.72. The number of nitrogens with two attached hydrogens (primary N) is 1. The van der Waals surface area contributed by atoms with Gasteiger partial charge in [-0.05, 0) is 77.0 Å². The van der Waals surface area contributed by atoms with Crippen LogP contribution in [0.15, 0.2) is 109 Å². The molecule has 322 valence electrons. The molecule has 0 rings (SSSR count). The zero-order valence-corrected chi connectivity index (χ0v) is 35.4. The van der Waals surface area contributed by atoms with E-state index in [1.165, 1.54) is 19.3 Å². The molecule has 0 fully saturated rings. The SMILES string of the molecule is CC/C=C\C[C@H](O)/C=C/C=C\C=C\[C@H](O)C/C=C\C/C=C\CCC(=O)O[C@H](COC(=O)CCCC/C=C\C/C=C\C/C=C\CCCCC)COP(=O)(O)OCCN. The Balaban J connectivity index is 4.53. The number of esters is 2. The van der Waals surface area contributed by atoms with Crippen molar-refractivity contribution in [2.24, 2.45) is 5.73 Å². The van der Waals surface area contributed by atoms with E-state index in [-0.39, 0.29) is 32.6 Å². The fourth-order valence-corrected chi connectivity index (χ4v) is 5.49. The lowest BCUT2D eigenvalue weighted by molar-refractivity contribution is -0.161. The molecule has 11 nitrogen and oxygen atoms in total. The van der Waals surface area contributed by atoms with Gasteiger partial charge in [0.05, 0.1) is 25.4 Å². The summed E-state index contributed by atoms with van der Waals surface area (Å²) in [6.07, 6.45) is 44.9. The molecule has 12 heteroatoms. The number of carbonyl (C=O) groups is 2. The molecule has 0 saturated heterocycles. The molecule has 0 spiro atoms. The Bertz CT molecular complexity index is 1330. The van der Waals surface area contributed by atoms with Crippen LogP contribution in [0, 0.1) is 0 Å². The van der Waals surface area contributed by atoms with Crippen LogP contribution in [0.2, 0.25) is 0 Å². The third kappa shape index (κ3) is 39.2. The van der Waals surface area contributed by atoms with Gasteiger partial charge in [0, 0.05) is 19.4 Å². The van der Waals surface area contributed by atoms with E-state index in [9.17, 15) is 29.3 Å². The number of aliphatic hydroxyl groups excluding tert-OH is 2. The van der Waals surface area contributed by atoms with Crippen molar-refractivity contribution in [3.05, 3.63) is 109 Å². The molecule has 57 heavy (non-hydrogen) atoms. The monoisotopic (exact) mass is 817 g/mol. The normalized spacial score (nSPS) is 15.5. The second kappa shape index (κ2) is 39.4. The zero-order chi connectivity index (χ0) is 42.1. The first kappa shape index (κ1) is 53.6. The molecule has 0 aliphatic heterocycles. The second-order valence-electron chi connectivity index (χ2n) is 13.2. The molecule has 4 atom stereocenters. The number of unbranched alkanes of at least 4 members (excludes halogenated alkanes) is 5. The number of hydrogen-bond acceptors (Lipinski definition) is 10. The number of hydrogen-bond donors (Lipinski definition) is 4. The maximum Gasteiger partial charge on any atom is 0.472 e. The van der Waals surface area contributed by atoms with Crippen LogP contribution < -0.4 is 5.73 Å². The minimum Gasteiger partial charge on any atom is -0.462 e. The summed E-state index contributed by atoms with van der Waals surface area (Å²) in [5.74, 6) is -1.06. The van der Waals surface area contributed by atoms with Crippen molar-refractivity contribution in [1.82, 2.24) is 0 Å². The van der Waals surface area contributed by atoms with Crippen molar-refractivity contribution in [2.45, 2.75) is 135 Å². The van der Waals surface area contributed by atoms with Crippen molar-refractivity contribution < 1.29 is 47.8 Å². The summed E-state index contributed by atoms with van der Waals surface area (Å²) in [6, 6.07) is 0. The van der Waals surface area contributed by atoms with Crippen molar-refractivity contribution in [2.75, 3.05) is 26.4 Å². The van der Waals surface area contributed by atoms with Gasteiger partial charge in [-0.2, -0.15) is 0 Å². The maximum atomic E-state index is 12.5. The number of allylic oxidation sites excluding steroid dienone is 14. The van der Waals surface area contributed by atoms with E-state index in [4.69, 9.17) is 24.3 Å². The highest BCUT2D eigenvalue weighted by Crippen LogP contribution is 2.43. The summed E-state index contributed by atoms with van der Waals surface area (Å²) in [7, 11) is -4.44. The zero-order valence-electron chi connectivity index (χ0n) is 34.5. The minimum absolute atomic E-state index is 0.0121. The average Bonchev–Trinajstić information content (AvgIpc) is 3.19. The summed E-state index contributed by atoms with van der Waals surface area (Å²) >= 11 is 0. The van der Waals surface area contributed by atoms with Crippen LogP contribution in [0.3, 0.4) is 0 Å². The summed E-state index contributed by atoms with van der Waals surface area (Å²) in [4.78, 5) is 34.8. The van der Waals surface area contributed by atoms with E-state index in [0.29, 0.717) is 32.1 Å². The first-order chi connectivity index (χ1) is 27.6. The van der Waals surface area contributed by atoms with Crippen LogP contribution in [-0.4, -0.2) is 71.7 Å². The molecular formula is C45H72NO10P. The van der Waals surface area contributed by atoms with Gasteiger partial charge in [-0.3, -0.25) is 18.6 Å². The van der Waals surface area contributed by atoms with Crippen LogP contribution in [0.1, 0.15) is 117 Å². The van der Waals surface area contributed by atoms with E-state index in [0.717, 1.165) is 38.5 Å². The third-order valence-electron chi connectivity index (χ3n) is 7.82. The van der Waals surface area contributed by atoms with Gasteiger partial charge in [-0.25, -0.2) is 4.57 Å². The van der Waals surface area contributed by atoms with Gasteiger partial charge in [0.1, 0.15) is 6.61 Å². The molecule has 1 unspecified atom stereocenters. The first-order valence-corrected chi connectivity index (χ1v) is 22.1. The highest BCUT2D eigenvalue weighted by atomic mass is 31.2. The van der Waals surface area contributed by atoms with E-state index < -0.39 is 44.7 Å². The lowest BCUT2D eigenvalue weighted by Gasteiger charge is -2.19. The minimum atomic E-state index is -4.44. The van der Waals surface area contributed by atoms with Gasteiger partial charge in [0.25, 0.3) is 0 Å². The van der Waals surface area contributed by atoms with Gasteiger partial charge in [0.2, 0.25) is 0 Å². The summed E-state index contributed by atoms with van der Waals surface area (Å²) in [6.45, 7) is 3.22.